The van der Waals surface area contributed by atoms with Gasteiger partial charge in [0.05, 0.1) is 13.2 Å². The van der Waals surface area contributed by atoms with Crippen LogP contribution in [0.5, 0.6) is 0 Å². The van der Waals surface area contributed by atoms with Crippen molar-refractivity contribution < 1.29 is 37.6 Å². The molecular formula is C49H92NO8P. The van der Waals surface area contributed by atoms with Crippen molar-refractivity contribution in [1.82, 2.24) is 0 Å². The first-order chi connectivity index (χ1) is 28.8. The van der Waals surface area contributed by atoms with E-state index in [0.29, 0.717) is 6.42 Å². The van der Waals surface area contributed by atoms with Crippen LogP contribution in [0.15, 0.2) is 36.5 Å². The third-order valence-corrected chi connectivity index (χ3v) is 11.5. The summed E-state index contributed by atoms with van der Waals surface area (Å²) in [7, 11) is -4.38. The number of rotatable bonds is 46. The Morgan fingerprint density at radius 3 is 1.34 bits per heavy atom. The largest absolute Gasteiger partial charge is 0.472 e. The summed E-state index contributed by atoms with van der Waals surface area (Å²) in [5.41, 5.74) is 5.36. The van der Waals surface area contributed by atoms with Crippen molar-refractivity contribution in [3.63, 3.8) is 0 Å². The molecule has 10 heteroatoms. The summed E-state index contributed by atoms with van der Waals surface area (Å²) in [5.74, 6) is -0.832. The van der Waals surface area contributed by atoms with Gasteiger partial charge in [-0.1, -0.05) is 185 Å². The molecule has 0 saturated heterocycles. The number of hydrogen-bond donors (Lipinski definition) is 2. The van der Waals surface area contributed by atoms with Gasteiger partial charge in [0.25, 0.3) is 0 Å². The van der Waals surface area contributed by atoms with Crippen molar-refractivity contribution in [2.75, 3.05) is 26.4 Å². The lowest BCUT2D eigenvalue weighted by atomic mass is 10.0. The van der Waals surface area contributed by atoms with Gasteiger partial charge in [0.15, 0.2) is 6.10 Å². The van der Waals surface area contributed by atoms with E-state index in [0.717, 1.165) is 51.4 Å². The number of phosphoric acid groups is 1. The zero-order valence-corrected chi connectivity index (χ0v) is 39.1. The van der Waals surface area contributed by atoms with E-state index in [1.54, 1.807) is 0 Å². The number of carbonyl (C=O) groups excluding carboxylic acids is 2. The number of phosphoric ester groups is 1. The molecule has 0 amide bonds. The zero-order valence-electron chi connectivity index (χ0n) is 38.2. The van der Waals surface area contributed by atoms with E-state index in [1.165, 1.54) is 148 Å². The van der Waals surface area contributed by atoms with Gasteiger partial charge in [-0.15, -0.1) is 0 Å². The van der Waals surface area contributed by atoms with Gasteiger partial charge in [-0.25, -0.2) is 4.57 Å². The van der Waals surface area contributed by atoms with Gasteiger partial charge >= 0.3 is 19.8 Å². The molecule has 0 fully saturated rings. The molecule has 0 spiro atoms. The molecule has 0 aliphatic carbocycles. The Hall–Kier alpha value is -1.77. The summed E-state index contributed by atoms with van der Waals surface area (Å²) >= 11 is 0. The Kier molecular flexibility index (Phi) is 44.4. The van der Waals surface area contributed by atoms with Crippen LogP contribution in [0.1, 0.15) is 232 Å². The van der Waals surface area contributed by atoms with Gasteiger partial charge in [0, 0.05) is 19.4 Å². The van der Waals surface area contributed by atoms with Crippen LogP contribution in [-0.4, -0.2) is 49.3 Å². The first-order valence-electron chi connectivity index (χ1n) is 24.5. The molecule has 0 aromatic carbocycles. The molecule has 0 bridgehead atoms. The first kappa shape index (κ1) is 57.2. The molecule has 0 radical (unpaired) electrons. The molecule has 3 N–H and O–H groups in total. The molecule has 0 aliphatic rings. The minimum atomic E-state index is -4.38. The van der Waals surface area contributed by atoms with Gasteiger partial charge in [-0.3, -0.25) is 18.6 Å². The van der Waals surface area contributed by atoms with E-state index in [1.807, 2.05) is 0 Å². The van der Waals surface area contributed by atoms with E-state index in [4.69, 9.17) is 24.3 Å². The van der Waals surface area contributed by atoms with Crippen LogP contribution in [0, 0.1) is 0 Å². The van der Waals surface area contributed by atoms with Crippen molar-refractivity contribution in [1.29, 1.82) is 0 Å². The SMILES string of the molecule is CCCCCC=CCC=CCCCCCCCCCC(=O)O[C@H](COC(=O)CCCCCCCCCCCCCC=CCCCCCCCC)COP(=O)(O)OCCN. The lowest BCUT2D eigenvalue weighted by molar-refractivity contribution is -0.161. The van der Waals surface area contributed by atoms with E-state index < -0.39 is 26.5 Å². The lowest BCUT2D eigenvalue weighted by Gasteiger charge is -2.19. The van der Waals surface area contributed by atoms with Crippen LogP contribution < -0.4 is 5.73 Å². The predicted molar refractivity (Wildman–Crippen MR) is 247 cm³/mol. The average molecular weight is 854 g/mol. The minimum Gasteiger partial charge on any atom is -0.462 e. The van der Waals surface area contributed by atoms with E-state index >= 15 is 0 Å². The van der Waals surface area contributed by atoms with Crippen molar-refractivity contribution in [3.8, 4) is 0 Å². The predicted octanol–water partition coefficient (Wildman–Crippen LogP) is 14.5. The summed E-state index contributed by atoms with van der Waals surface area (Å²) in [4.78, 5) is 35.0. The zero-order chi connectivity index (χ0) is 43.2. The fourth-order valence-electron chi connectivity index (χ4n) is 6.84. The Labute approximate surface area is 363 Å². The monoisotopic (exact) mass is 854 g/mol. The number of carbonyl (C=O) groups is 2. The number of esters is 2. The van der Waals surface area contributed by atoms with Crippen molar-refractivity contribution >= 4 is 19.8 Å². The van der Waals surface area contributed by atoms with Gasteiger partial charge < -0.3 is 20.1 Å². The summed E-state index contributed by atoms with van der Waals surface area (Å²) in [6.45, 7) is 3.72. The highest BCUT2D eigenvalue weighted by atomic mass is 31.2. The molecule has 2 atom stereocenters. The second-order valence-electron chi connectivity index (χ2n) is 16.3. The molecule has 0 aromatic heterocycles. The standard InChI is InChI=1S/C49H92NO8P/c1-3-5-7-9-11-13-15-17-19-21-22-23-24-26-27-29-31-33-35-37-39-41-48(51)55-45-47(46-57-59(53,54)56-44-43-50)58-49(52)42-40-38-36-34-32-30-28-25-20-18-16-14-12-10-8-6-4-2/h12,14,17-20,47H,3-11,13,15-16,21-46,50H2,1-2H3,(H,53,54)/t47-/m1/s1. The van der Waals surface area contributed by atoms with Crippen LogP contribution in [0.2, 0.25) is 0 Å². The molecule has 1 unspecified atom stereocenters. The maximum absolute atomic E-state index is 12.6. The molecule has 9 nitrogen and oxygen atoms in total. The van der Waals surface area contributed by atoms with Crippen LogP contribution in [-0.2, 0) is 32.7 Å². The Balaban J connectivity index is 4.06. The topological polar surface area (TPSA) is 134 Å². The molecule has 0 rings (SSSR count). The van der Waals surface area contributed by atoms with Crippen LogP contribution >= 0.6 is 7.82 Å². The summed E-state index contributed by atoms with van der Waals surface area (Å²) in [5, 5.41) is 0. The minimum absolute atomic E-state index is 0.0521. The number of unbranched alkanes of at least 4 members (excludes halogenated alkanes) is 27. The highest BCUT2D eigenvalue weighted by Crippen LogP contribution is 2.43. The van der Waals surface area contributed by atoms with Crippen molar-refractivity contribution in [2.24, 2.45) is 5.73 Å². The maximum Gasteiger partial charge on any atom is 0.472 e. The molecular weight excluding hydrogens is 762 g/mol. The van der Waals surface area contributed by atoms with E-state index in [9.17, 15) is 19.0 Å². The molecule has 0 aromatic rings. The number of nitrogens with two attached hydrogens (primary N) is 1. The normalized spacial score (nSPS) is 13.5. The summed E-state index contributed by atoms with van der Waals surface area (Å²) < 4.78 is 32.9. The molecule has 0 saturated carbocycles. The van der Waals surface area contributed by atoms with Gasteiger partial charge in [-0.2, -0.15) is 0 Å². The van der Waals surface area contributed by atoms with E-state index in [2.05, 4.69) is 50.3 Å². The number of ether oxygens (including phenoxy) is 2. The third kappa shape index (κ3) is 45.6. The van der Waals surface area contributed by atoms with Crippen LogP contribution in [0.3, 0.4) is 0 Å². The van der Waals surface area contributed by atoms with Crippen LogP contribution in [0.25, 0.3) is 0 Å². The Morgan fingerprint density at radius 2 is 0.881 bits per heavy atom. The maximum atomic E-state index is 12.6. The van der Waals surface area contributed by atoms with Gasteiger partial charge in [0.2, 0.25) is 0 Å². The highest BCUT2D eigenvalue weighted by Gasteiger charge is 2.26. The van der Waals surface area contributed by atoms with Gasteiger partial charge in [0.1, 0.15) is 6.61 Å². The fraction of sp³-hybridized carbons (Fsp3) is 0.837. The smallest absolute Gasteiger partial charge is 0.462 e. The average Bonchev–Trinajstić information content (AvgIpc) is 3.22. The molecule has 59 heavy (non-hydrogen) atoms. The van der Waals surface area contributed by atoms with E-state index in [-0.39, 0.29) is 38.6 Å². The van der Waals surface area contributed by atoms with Crippen molar-refractivity contribution in [2.45, 2.75) is 238 Å². The first-order valence-corrected chi connectivity index (χ1v) is 26.0. The highest BCUT2D eigenvalue weighted by molar-refractivity contribution is 7.47. The quantitative estimate of drug-likeness (QED) is 0.0265. The Morgan fingerprint density at radius 1 is 0.508 bits per heavy atom. The fourth-order valence-corrected chi connectivity index (χ4v) is 7.60. The molecule has 0 heterocycles. The Bertz CT molecular complexity index is 1060. The van der Waals surface area contributed by atoms with Gasteiger partial charge in [-0.05, 0) is 70.6 Å². The summed E-state index contributed by atoms with van der Waals surface area (Å²) in [6, 6.07) is 0. The second-order valence-corrected chi connectivity index (χ2v) is 17.8. The molecule has 346 valence electrons. The summed E-state index contributed by atoms with van der Waals surface area (Å²) in [6.07, 6.45) is 51.7. The second kappa shape index (κ2) is 45.7. The van der Waals surface area contributed by atoms with Crippen LogP contribution in [0.4, 0.5) is 0 Å². The van der Waals surface area contributed by atoms with Crippen molar-refractivity contribution in [3.05, 3.63) is 36.5 Å². The lowest BCUT2D eigenvalue weighted by Crippen LogP contribution is -2.29. The molecule has 0 aliphatic heterocycles. The number of allylic oxidation sites excluding steroid dienone is 6. The third-order valence-electron chi connectivity index (χ3n) is 10.5. The number of hydrogen-bond acceptors (Lipinski definition) is 8.